The average molecular weight is 270 g/mol. The average Bonchev–Trinajstić information content (AvgIpc) is 2.38. The van der Waals surface area contributed by atoms with E-state index in [-0.39, 0.29) is 0 Å². The van der Waals surface area contributed by atoms with Crippen molar-refractivity contribution in [1.82, 2.24) is 9.29 Å². The molecule has 0 atom stereocenters. The van der Waals surface area contributed by atoms with Gasteiger partial charge in [0.1, 0.15) is 0 Å². The van der Waals surface area contributed by atoms with Crippen molar-refractivity contribution < 1.29 is 8.42 Å². The number of sulfonamides is 1. The highest BCUT2D eigenvalue weighted by Crippen LogP contribution is 2.19. The van der Waals surface area contributed by atoms with E-state index in [0.29, 0.717) is 26.2 Å². The van der Waals surface area contributed by atoms with E-state index in [0.717, 1.165) is 11.4 Å². The van der Waals surface area contributed by atoms with Gasteiger partial charge in [0.25, 0.3) is 0 Å². The summed E-state index contributed by atoms with van der Waals surface area (Å²) in [5.74, 6) is 0. The van der Waals surface area contributed by atoms with Crippen LogP contribution in [0.15, 0.2) is 18.5 Å². The Morgan fingerprint density at radius 3 is 2.44 bits per heavy atom. The lowest BCUT2D eigenvalue weighted by molar-refractivity contribution is 0.388. The number of hydrogen-bond donors (Lipinski definition) is 1. The van der Waals surface area contributed by atoms with E-state index in [1.807, 2.05) is 13.1 Å². The van der Waals surface area contributed by atoms with Crippen LogP contribution in [0.1, 0.15) is 0 Å². The highest BCUT2D eigenvalue weighted by atomic mass is 32.2. The van der Waals surface area contributed by atoms with Crippen molar-refractivity contribution in [2.45, 2.75) is 0 Å². The predicted molar refractivity (Wildman–Crippen MR) is 72.4 cm³/mol. The lowest BCUT2D eigenvalue weighted by Gasteiger charge is -2.34. The molecule has 1 N–H and O–H groups in total. The van der Waals surface area contributed by atoms with Crippen LogP contribution in [0.4, 0.5) is 11.4 Å². The van der Waals surface area contributed by atoms with Gasteiger partial charge in [-0.3, -0.25) is 4.98 Å². The number of nitrogens with one attached hydrogen (secondary N) is 1. The molecule has 1 aromatic heterocycles. The number of pyridine rings is 1. The van der Waals surface area contributed by atoms with E-state index in [4.69, 9.17) is 0 Å². The number of rotatable bonds is 3. The van der Waals surface area contributed by atoms with Gasteiger partial charge in [-0.15, -0.1) is 0 Å². The molecule has 0 spiro atoms. The maximum absolute atomic E-state index is 11.4. The Balaban J connectivity index is 2.05. The molecule has 1 saturated heterocycles. The molecule has 100 valence electrons. The molecule has 2 rings (SSSR count). The summed E-state index contributed by atoms with van der Waals surface area (Å²) in [6, 6.07) is 2.02. The third kappa shape index (κ3) is 2.91. The molecule has 0 saturated carbocycles. The minimum atomic E-state index is -3.07. The minimum absolute atomic E-state index is 0.530. The van der Waals surface area contributed by atoms with Crippen molar-refractivity contribution in [1.29, 1.82) is 0 Å². The van der Waals surface area contributed by atoms with E-state index in [1.165, 1.54) is 10.6 Å². The summed E-state index contributed by atoms with van der Waals surface area (Å²) in [5, 5.41) is 3.04. The highest BCUT2D eigenvalue weighted by Gasteiger charge is 2.23. The van der Waals surface area contributed by atoms with Gasteiger partial charge in [-0.2, -0.15) is 4.31 Å². The Morgan fingerprint density at radius 2 is 1.89 bits per heavy atom. The van der Waals surface area contributed by atoms with Crippen LogP contribution in [0, 0.1) is 0 Å². The molecule has 2 heterocycles. The van der Waals surface area contributed by atoms with Crippen LogP contribution in [0.5, 0.6) is 0 Å². The molecule has 6 nitrogen and oxygen atoms in total. The number of piperazine rings is 1. The van der Waals surface area contributed by atoms with Gasteiger partial charge in [-0.25, -0.2) is 8.42 Å². The third-order valence-electron chi connectivity index (χ3n) is 3.09. The van der Waals surface area contributed by atoms with Gasteiger partial charge in [-0.05, 0) is 6.07 Å². The van der Waals surface area contributed by atoms with E-state index in [1.54, 1.807) is 12.4 Å². The van der Waals surface area contributed by atoms with Gasteiger partial charge < -0.3 is 10.2 Å². The molecule has 0 unspecified atom stereocenters. The fourth-order valence-electron chi connectivity index (χ4n) is 2.02. The van der Waals surface area contributed by atoms with Crippen LogP contribution in [-0.2, 0) is 10.0 Å². The van der Waals surface area contributed by atoms with Crippen molar-refractivity contribution in [3.63, 3.8) is 0 Å². The van der Waals surface area contributed by atoms with Crippen molar-refractivity contribution in [3.05, 3.63) is 18.5 Å². The van der Waals surface area contributed by atoms with Crippen LogP contribution >= 0.6 is 0 Å². The molecule has 7 heteroatoms. The van der Waals surface area contributed by atoms with E-state index < -0.39 is 10.0 Å². The summed E-state index contributed by atoms with van der Waals surface area (Å²) in [5.41, 5.74) is 1.98. The number of anilines is 2. The Morgan fingerprint density at radius 1 is 1.22 bits per heavy atom. The molecular formula is C11H18N4O2S. The zero-order chi connectivity index (χ0) is 13.2. The third-order valence-corrected chi connectivity index (χ3v) is 4.39. The molecule has 1 aliphatic rings. The molecule has 1 aromatic rings. The van der Waals surface area contributed by atoms with Crippen LogP contribution in [0.2, 0.25) is 0 Å². The first-order chi connectivity index (χ1) is 8.50. The second-order valence-corrected chi connectivity index (χ2v) is 6.31. The summed E-state index contributed by atoms with van der Waals surface area (Å²) in [7, 11) is -1.22. The smallest absolute Gasteiger partial charge is 0.211 e. The first-order valence-corrected chi connectivity index (χ1v) is 7.68. The maximum atomic E-state index is 11.4. The Kier molecular flexibility index (Phi) is 3.72. The normalized spacial score (nSPS) is 17.8. The second-order valence-electron chi connectivity index (χ2n) is 4.33. The Bertz CT molecular complexity index is 510. The number of nitrogens with zero attached hydrogens (tertiary/aromatic N) is 3. The van der Waals surface area contributed by atoms with E-state index in [2.05, 4.69) is 15.2 Å². The SMILES string of the molecule is CNc1cncc(N2CCN(S(C)(=O)=O)CC2)c1. The first-order valence-electron chi connectivity index (χ1n) is 5.83. The van der Waals surface area contributed by atoms with Crippen LogP contribution in [0.3, 0.4) is 0 Å². The van der Waals surface area contributed by atoms with Crippen LogP contribution < -0.4 is 10.2 Å². The van der Waals surface area contributed by atoms with Crippen molar-refractivity contribution >= 4 is 21.4 Å². The zero-order valence-electron chi connectivity index (χ0n) is 10.6. The van der Waals surface area contributed by atoms with Gasteiger partial charge in [-0.1, -0.05) is 0 Å². The molecular weight excluding hydrogens is 252 g/mol. The summed E-state index contributed by atoms with van der Waals surface area (Å²) in [6.07, 6.45) is 4.82. The summed E-state index contributed by atoms with van der Waals surface area (Å²) >= 11 is 0. The Labute approximate surface area is 108 Å². The Hall–Kier alpha value is -1.34. The standard InChI is InChI=1S/C11H18N4O2S/c1-12-10-7-11(9-13-8-10)14-3-5-15(6-4-14)18(2,16)17/h7-9,12H,3-6H2,1-2H3. The largest absolute Gasteiger partial charge is 0.387 e. The van der Waals surface area contributed by atoms with Crippen molar-refractivity contribution in [3.8, 4) is 0 Å². The zero-order valence-corrected chi connectivity index (χ0v) is 11.4. The van der Waals surface area contributed by atoms with Gasteiger partial charge in [0.05, 0.1) is 30.0 Å². The van der Waals surface area contributed by atoms with Crippen LogP contribution in [0.25, 0.3) is 0 Å². The minimum Gasteiger partial charge on any atom is -0.387 e. The molecule has 1 aliphatic heterocycles. The van der Waals surface area contributed by atoms with Crippen molar-refractivity contribution in [2.24, 2.45) is 0 Å². The van der Waals surface area contributed by atoms with Gasteiger partial charge >= 0.3 is 0 Å². The molecule has 18 heavy (non-hydrogen) atoms. The maximum Gasteiger partial charge on any atom is 0.211 e. The molecule has 0 bridgehead atoms. The molecule has 0 aromatic carbocycles. The van der Waals surface area contributed by atoms with Gasteiger partial charge in [0, 0.05) is 33.2 Å². The van der Waals surface area contributed by atoms with Gasteiger partial charge in [0.2, 0.25) is 10.0 Å². The predicted octanol–water partition coefficient (Wildman–Crippen LogP) is 0.205. The number of aromatic nitrogens is 1. The van der Waals surface area contributed by atoms with E-state index >= 15 is 0 Å². The van der Waals surface area contributed by atoms with E-state index in [9.17, 15) is 8.42 Å². The molecule has 0 aliphatic carbocycles. The lowest BCUT2D eigenvalue weighted by Crippen LogP contribution is -2.48. The topological polar surface area (TPSA) is 65.5 Å². The summed E-state index contributed by atoms with van der Waals surface area (Å²) in [4.78, 5) is 6.31. The summed E-state index contributed by atoms with van der Waals surface area (Å²) < 4.78 is 24.3. The fourth-order valence-corrected chi connectivity index (χ4v) is 2.84. The lowest BCUT2D eigenvalue weighted by atomic mass is 10.3. The quantitative estimate of drug-likeness (QED) is 0.850. The monoisotopic (exact) mass is 270 g/mol. The summed E-state index contributed by atoms with van der Waals surface area (Å²) in [6.45, 7) is 2.45. The molecule has 0 amide bonds. The fraction of sp³-hybridized carbons (Fsp3) is 0.545. The van der Waals surface area contributed by atoms with Crippen molar-refractivity contribution in [2.75, 3.05) is 49.7 Å². The molecule has 1 fully saturated rings. The number of hydrogen-bond acceptors (Lipinski definition) is 5. The first kappa shape index (κ1) is 13.1. The second kappa shape index (κ2) is 5.11. The highest BCUT2D eigenvalue weighted by molar-refractivity contribution is 7.88. The van der Waals surface area contributed by atoms with Crippen LogP contribution in [-0.4, -0.2) is 57.2 Å². The van der Waals surface area contributed by atoms with Gasteiger partial charge in [0.15, 0.2) is 0 Å². The molecule has 0 radical (unpaired) electrons.